The van der Waals surface area contributed by atoms with Gasteiger partial charge in [0.15, 0.2) is 0 Å². The van der Waals surface area contributed by atoms with Crippen molar-refractivity contribution in [3.63, 3.8) is 0 Å². The van der Waals surface area contributed by atoms with Gasteiger partial charge in [-0.15, -0.1) is 0 Å². The van der Waals surface area contributed by atoms with Crippen LogP contribution in [0.25, 0.3) is 0 Å². The maximum absolute atomic E-state index is 12.4. The molecule has 0 saturated heterocycles. The molecule has 0 fully saturated rings. The van der Waals surface area contributed by atoms with Gasteiger partial charge in [0.25, 0.3) is 5.91 Å². The van der Waals surface area contributed by atoms with Gasteiger partial charge in [-0.1, -0.05) is 35.9 Å². The van der Waals surface area contributed by atoms with E-state index in [0.717, 1.165) is 11.1 Å². The molecule has 1 heterocycles. The molecule has 2 N–H and O–H groups in total. The van der Waals surface area contributed by atoms with Crippen LogP contribution in [-0.4, -0.2) is 21.6 Å². The average molecular weight is 321 g/mol. The highest BCUT2D eigenvalue weighted by Crippen LogP contribution is 2.22. The third-order valence-corrected chi connectivity index (χ3v) is 3.66. The lowest BCUT2D eigenvalue weighted by Gasteiger charge is -2.19. The standard InChI is InChI=1S/C16H17ClN2O3/c1-10-5-3-4-6-12(10)13(8-15(20)21)18-16(22)14-7-11(17)9-19(14)2/h3-7,9,13H,8H2,1-2H3,(H,18,22)(H,20,21). The highest BCUT2D eigenvalue weighted by Gasteiger charge is 2.21. The predicted molar refractivity (Wildman–Crippen MR) is 84.1 cm³/mol. The molecule has 2 rings (SSSR count). The number of carboxylic acid groups (broad SMARTS) is 1. The first-order chi connectivity index (χ1) is 10.4. The maximum Gasteiger partial charge on any atom is 0.305 e. The highest BCUT2D eigenvalue weighted by atomic mass is 35.5. The number of aryl methyl sites for hydroxylation is 2. The van der Waals surface area contributed by atoms with Gasteiger partial charge in [-0.05, 0) is 24.1 Å². The van der Waals surface area contributed by atoms with Crippen molar-refractivity contribution in [1.29, 1.82) is 0 Å². The predicted octanol–water partition coefficient (Wildman–Crippen LogP) is 2.93. The summed E-state index contributed by atoms with van der Waals surface area (Å²) in [4.78, 5) is 23.5. The minimum absolute atomic E-state index is 0.186. The first-order valence-corrected chi connectivity index (χ1v) is 7.16. The fourth-order valence-electron chi connectivity index (χ4n) is 2.37. The summed E-state index contributed by atoms with van der Waals surface area (Å²) in [7, 11) is 1.71. The molecule has 1 atom stereocenters. The first-order valence-electron chi connectivity index (χ1n) is 6.78. The molecule has 0 radical (unpaired) electrons. The van der Waals surface area contributed by atoms with Crippen LogP contribution in [0.1, 0.15) is 34.1 Å². The fourth-order valence-corrected chi connectivity index (χ4v) is 2.62. The number of rotatable bonds is 5. The monoisotopic (exact) mass is 320 g/mol. The Labute approximate surface area is 133 Å². The van der Waals surface area contributed by atoms with Gasteiger partial charge >= 0.3 is 5.97 Å². The molecular formula is C16H17ClN2O3. The van der Waals surface area contributed by atoms with Crippen LogP contribution < -0.4 is 5.32 Å². The largest absolute Gasteiger partial charge is 0.481 e. The SMILES string of the molecule is Cc1ccccc1C(CC(=O)O)NC(=O)c1cc(Cl)cn1C. The summed E-state index contributed by atoms with van der Waals surface area (Å²) >= 11 is 5.88. The van der Waals surface area contributed by atoms with E-state index in [4.69, 9.17) is 16.7 Å². The number of carbonyl (C=O) groups excluding carboxylic acids is 1. The van der Waals surface area contributed by atoms with Gasteiger partial charge in [-0.3, -0.25) is 9.59 Å². The molecule has 2 aromatic rings. The minimum Gasteiger partial charge on any atom is -0.481 e. The summed E-state index contributed by atoms with van der Waals surface area (Å²) in [5.41, 5.74) is 2.10. The number of aromatic nitrogens is 1. The molecule has 5 nitrogen and oxygen atoms in total. The number of carboxylic acids is 1. The van der Waals surface area contributed by atoms with Gasteiger partial charge in [-0.2, -0.15) is 0 Å². The van der Waals surface area contributed by atoms with Crippen LogP contribution in [0.15, 0.2) is 36.5 Å². The Kier molecular flexibility index (Phi) is 4.88. The van der Waals surface area contributed by atoms with E-state index in [0.29, 0.717) is 10.7 Å². The summed E-state index contributed by atoms with van der Waals surface area (Å²) in [5.74, 6) is -1.33. The molecule has 22 heavy (non-hydrogen) atoms. The number of halogens is 1. The third kappa shape index (κ3) is 3.68. The summed E-state index contributed by atoms with van der Waals surface area (Å²) in [5, 5.41) is 12.3. The zero-order valence-electron chi connectivity index (χ0n) is 12.3. The van der Waals surface area contributed by atoms with E-state index in [2.05, 4.69) is 5.32 Å². The van der Waals surface area contributed by atoms with Crippen LogP contribution in [0.5, 0.6) is 0 Å². The quantitative estimate of drug-likeness (QED) is 0.889. The van der Waals surface area contributed by atoms with Gasteiger partial charge in [0, 0.05) is 13.2 Å². The lowest BCUT2D eigenvalue weighted by molar-refractivity contribution is -0.137. The number of carbonyl (C=O) groups is 2. The van der Waals surface area contributed by atoms with Gasteiger partial charge in [0.05, 0.1) is 17.5 Å². The van der Waals surface area contributed by atoms with Crippen LogP contribution in [0, 0.1) is 6.92 Å². The molecule has 0 aliphatic carbocycles. The second-order valence-corrected chi connectivity index (χ2v) is 5.57. The minimum atomic E-state index is -0.974. The lowest BCUT2D eigenvalue weighted by Crippen LogP contribution is -2.31. The molecule has 1 unspecified atom stereocenters. The molecule has 0 bridgehead atoms. The lowest BCUT2D eigenvalue weighted by atomic mass is 9.98. The molecule has 1 amide bonds. The van der Waals surface area contributed by atoms with E-state index in [1.54, 1.807) is 23.9 Å². The summed E-state index contributed by atoms with van der Waals surface area (Å²) in [6.07, 6.45) is 1.44. The van der Waals surface area contributed by atoms with Crippen LogP contribution in [-0.2, 0) is 11.8 Å². The second kappa shape index (κ2) is 6.66. The number of nitrogens with one attached hydrogen (secondary N) is 1. The molecule has 6 heteroatoms. The van der Waals surface area contributed by atoms with Crippen molar-refractivity contribution in [2.45, 2.75) is 19.4 Å². The van der Waals surface area contributed by atoms with Gasteiger partial charge in [0.2, 0.25) is 0 Å². The van der Waals surface area contributed by atoms with E-state index in [1.165, 1.54) is 0 Å². The van der Waals surface area contributed by atoms with E-state index in [9.17, 15) is 9.59 Å². The summed E-state index contributed by atoms with van der Waals surface area (Å²) in [6.45, 7) is 1.88. The molecule has 116 valence electrons. The Morgan fingerprint density at radius 3 is 2.59 bits per heavy atom. The second-order valence-electron chi connectivity index (χ2n) is 5.13. The number of hydrogen-bond donors (Lipinski definition) is 2. The third-order valence-electron chi connectivity index (χ3n) is 3.45. The summed E-state index contributed by atoms with van der Waals surface area (Å²) in [6, 6.07) is 8.35. The number of amides is 1. The van der Waals surface area contributed by atoms with Crippen molar-refractivity contribution in [2.24, 2.45) is 7.05 Å². The molecule has 0 aliphatic heterocycles. The molecule has 0 aliphatic rings. The number of nitrogens with zero attached hydrogens (tertiary/aromatic N) is 1. The zero-order valence-corrected chi connectivity index (χ0v) is 13.1. The summed E-state index contributed by atoms with van der Waals surface area (Å²) < 4.78 is 1.60. The Bertz CT molecular complexity index is 709. The zero-order chi connectivity index (χ0) is 16.3. The Balaban J connectivity index is 2.27. The van der Waals surface area contributed by atoms with E-state index < -0.39 is 12.0 Å². The Morgan fingerprint density at radius 2 is 2.05 bits per heavy atom. The molecule has 0 saturated carbocycles. The van der Waals surface area contributed by atoms with Crippen molar-refractivity contribution in [2.75, 3.05) is 0 Å². The van der Waals surface area contributed by atoms with Gasteiger partial charge in [0.1, 0.15) is 5.69 Å². The highest BCUT2D eigenvalue weighted by molar-refractivity contribution is 6.31. The van der Waals surface area contributed by atoms with Crippen molar-refractivity contribution < 1.29 is 14.7 Å². The van der Waals surface area contributed by atoms with Crippen molar-refractivity contribution in [3.05, 3.63) is 58.4 Å². The van der Waals surface area contributed by atoms with Crippen LogP contribution in [0.3, 0.4) is 0 Å². The Hall–Kier alpha value is -2.27. The topological polar surface area (TPSA) is 71.3 Å². The molecule has 1 aromatic heterocycles. The smallest absolute Gasteiger partial charge is 0.305 e. The van der Waals surface area contributed by atoms with Crippen molar-refractivity contribution in [1.82, 2.24) is 9.88 Å². The van der Waals surface area contributed by atoms with Gasteiger partial charge in [-0.25, -0.2) is 0 Å². The average Bonchev–Trinajstić information content (AvgIpc) is 2.77. The van der Waals surface area contributed by atoms with Crippen LogP contribution in [0.4, 0.5) is 0 Å². The van der Waals surface area contributed by atoms with Crippen molar-refractivity contribution >= 4 is 23.5 Å². The van der Waals surface area contributed by atoms with E-state index in [-0.39, 0.29) is 12.3 Å². The molecule has 1 aromatic carbocycles. The number of hydrogen-bond acceptors (Lipinski definition) is 2. The first kappa shape index (κ1) is 16.1. The van der Waals surface area contributed by atoms with E-state index >= 15 is 0 Å². The molecule has 0 spiro atoms. The molecular weight excluding hydrogens is 304 g/mol. The maximum atomic E-state index is 12.4. The number of aliphatic carboxylic acids is 1. The fraction of sp³-hybridized carbons (Fsp3) is 0.250. The van der Waals surface area contributed by atoms with E-state index in [1.807, 2.05) is 31.2 Å². The van der Waals surface area contributed by atoms with Gasteiger partial charge < -0.3 is 15.0 Å². The Morgan fingerprint density at radius 1 is 1.36 bits per heavy atom. The van der Waals surface area contributed by atoms with Crippen molar-refractivity contribution in [3.8, 4) is 0 Å². The normalized spacial score (nSPS) is 12.0. The number of benzene rings is 1. The van der Waals surface area contributed by atoms with Crippen LogP contribution in [0.2, 0.25) is 5.02 Å². The van der Waals surface area contributed by atoms with Crippen LogP contribution >= 0.6 is 11.6 Å².